The number of nitrogens with one attached hydrogen (secondary N) is 2. The van der Waals surface area contributed by atoms with Crippen molar-refractivity contribution in [3.63, 3.8) is 0 Å². The summed E-state index contributed by atoms with van der Waals surface area (Å²) in [6.45, 7) is 3.13. The van der Waals surface area contributed by atoms with Gasteiger partial charge in [-0.15, -0.1) is 35.3 Å². The third-order valence-electron chi connectivity index (χ3n) is 3.64. The summed E-state index contributed by atoms with van der Waals surface area (Å²) in [5.41, 5.74) is 0. The fourth-order valence-corrected chi connectivity index (χ4v) is 3.14. The van der Waals surface area contributed by atoms with E-state index in [0.717, 1.165) is 25.5 Å². The van der Waals surface area contributed by atoms with Crippen LogP contribution in [0.3, 0.4) is 0 Å². The van der Waals surface area contributed by atoms with Gasteiger partial charge in [0.15, 0.2) is 5.96 Å². The molecule has 2 rings (SSSR count). The van der Waals surface area contributed by atoms with E-state index in [1.165, 1.54) is 24.3 Å². The molecule has 1 atom stereocenters. The molecule has 2 heterocycles. The van der Waals surface area contributed by atoms with Crippen LogP contribution in [0.1, 0.15) is 17.7 Å². The van der Waals surface area contributed by atoms with Gasteiger partial charge >= 0.3 is 0 Å². The smallest absolute Gasteiger partial charge is 0.191 e. The molecule has 0 aromatic carbocycles. The Morgan fingerprint density at radius 2 is 2.35 bits per heavy atom. The first-order valence-corrected chi connectivity index (χ1v) is 7.84. The van der Waals surface area contributed by atoms with E-state index < -0.39 is 0 Å². The molecule has 1 saturated heterocycles. The summed E-state index contributed by atoms with van der Waals surface area (Å²) in [5.74, 6) is 0.914. The molecule has 1 fully saturated rings. The van der Waals surface area contributed by atoms with Crippen molar-refractivity contribution in [1.82, 2.24) is 15.5 Å². The lowest BCUT2D eigenvalue weighted by Crippen LogP contribution is -2.44. The lowest BCUT2D eigenvalue weighted by atomic mass is 10.2. The van der Waals surface area contributed by atoms with Crippen molar-refractivity contribution in [2.75, 3.05) is 33.7 Å². The Morgan fingerprint density at radius 3 is 2.95 bits per heavy atom. The maximum Gasteiger partial charge on any atom is 0.191 e. The average Bonchev–Trinajstić information content (AvgIpc) is 3.05. The molecule has 2 N–H and O–H groups in total. The Morgan fingerprint density at radius 1 is 1.50 bits per heavy atom. The van der Waals surface area contributed by atoms with Gasteiger partial charge in [-0.1, -0.05) is 6.07 Å². The summed E-state index contributed by atoms with van der Waals surface area (Å²) in [5, 5.41) is 8.92. The van der Waals surface area contributed by atoms with Gasteiger partial charge in [-0.05, 0) is 44.3 Å². The fourth-order valence-electron chi connectivity index (χ4n) is 2.43. The topological polar surface area (TPSA) is 39.7 Å². The molecule has 0 radical (unpaired) electrons. The van der Waals surface area contributed by atoms with Gasteiger partial charge in [0, 0.05) is 31.1 Å². The molecule has 1 aromatic heterocycles. The van der Waals surface area contributed by atoms with Crippen LogP contribution in [0.25, 0.3) is 0 Å². The van der Waals surface area contributed by atoms with Crippen molar-refractivity contribution in [1.29, 1.82) is 0 Å². The molecule has 1 aromatic rings. The van der Waals surface area contributed by atoms with Crippen molar-refractivity contribution in [2.24, 2.45) is 4.99 Å². The summed E-state index contributed by atoms with van der Waals surface area (Å²) in [6, 6.07) is 4.93. The van der Waals surface area contributed by atoms with Crippen molar-refractivity contribution >= 4 is 41.3 Å². The molecule has 4 nitrogen and oxygen atoms in total. The molecule has 0 spiro atoms. The van der Waals surface area contributed by atoms with E-state index in [4.69, 9.17) is 0 Å². The van der Waals surface area contributed by atoms with Crippen LogP contribution in [0.2, 0.25) is 0 Å². The zero-order chi connectivity index (χ0) is 13.5. The van der Waals surface area contributed by atoms with E-state index in [0.29, 0.717) is 6.04 Å². The van der Waals surface area contributed by atoms with Crippen LogP contribution < -0.4 is 10.6 Å². The number of thiophene rings is 1. The second-order valence-electron chi connectivity index (χ2n) is 4.99. The monoisotopic (exact) mass is 408 g/mol. The molecule has 1 aliphatic heterocycles. The van der Waals surface area contributed by atoms with Gasteiger partial charge in [0.25, 0.3) is 0 Å². The Labute approximate surface area is 143 Å². The molecule has 6 heteroatoms. The van der Waals surface area contributed by atoms with E-state index in [1.807, 2.05) is 18.4 Å². The standard InChI is InChI=1S/C14H24N4S.HI/c1-15-14(16-8-7-13-6-4-10-19-13)17-11-12-5-3-9-18(12)2;/h4,6,10,12H,3,5,7-9,11H2,1-2H3,(H2,15,16,17);1H. The predicted octanol–water partition coefficient (Wildman–Crippen LogP) is 2.17. The highest BCUT2D eigenvalue weighted by Crippen LogP contribution is 2.13. The van der Waals surface area contributed by atoms with E-state index in [-0.39, 0.29) is 24.0 Å². The minimum atomic E-state index is 0. The van der Waals surface area contributed by atoms with Gasteiger partial charge in [-0.2, -0.15) is 0 Å². The highest BCUT2D eigenvalue weighted by Gasteiger charge is 2.20. The molecule has 0 aliphatic carbocycles. The molecule has 20 heavy (non-hydrogen) atoms. The number of likely N-dealkylation sites (tertiary alicyclic amines) is 1. The van der Waals surface area contributed by atoms with Crippen LogP contribution in [0.15, 0.2) is 22.5 Å². The summed E-state index contributed by atoms with van der Waals surface area (Å²) < 4.78 is 0. The first-order valence-electron chi connectivity index (χ1n) is 6.96. The number of likely N-dealkylation sites (N-methyl/N-ethyl adjacent to an activating group) is 1. The first kappa shape index (κ1) is 17.7. The molecular formula is C14H25IN4S. The van der Waals surface area contributed by atoms with Crippen LogP contribution in [0.4, 0.5) is 0 Å². The van der Waals surface area contributed by atoms with Gasteiger partial charge < -0.3 is 15.5 Å². The molecule has 114 valence electrons. The fraction of sp³-hybridized carbons (Fsp3) is 0.643. The Balaban J connectivity index is 0.00000200. The maximum atomic E-state index is 4.27. The Kier molecular flexibility index (Phi) is 8.47. The molecule has 0 bridgehead atoms. The summed E-state index contributed by atoms with van der Waals surface area (Å²) in [4.78, 5) is 8.11. The highest BCUT2D eigenvalue weighted by atomic mass is 127. The van der Waals surface area contributed by atoms with E-state index in [9.17, 15) is 0 Å². The summed E-state index contributed by atoms with van der Waals surface area (Å²) in [6.07, 6.45) is 3.66. The third kappa shape index (κ3) is 5.57. The third-order valence-corrected chi connectivity index (χ3v) is 4.58. The SMILES string of the molecule is CN=C(NCCc1cccs1)NCC1CCCN1C.I. The second kappa shape index (κ2) is 9.57. The number of hydrogen-bond acceptors (Lipinski definition) is 3. The van der Waals surface area contributed by atoms with Crippen molar-refractivity contribution in [3.8, 4) is 0 Å². The Hall–Kier alpha value is -0.340. The van der Waals surface area contributed by atoms with Gasteiger partial charge in [-0.25, -0.2) is 0 Å². The Bertz CT molecular complexity index is 394. The summed E-state index contributed by atoms with van der Waals surface area (Å²) in [7, 11) is 4.03. The zero-order valence-corrected chi connectivity index (χ0v) is 15.4. The normalized spacial score (nSPS) is 19.7. The van der Waals surface area contributed by atoms with Crippen LogP contribution in [-0.4, -0.2) is 50.6 Å². The van der Waals surface area contributed by atoms with Gasteiger partial charge in [-0.3, -0.25) is 4.99 Å². The predicted molar refractivity (Wildman–Crippen MR) is 98.5 cm³/mol. The maximum absolute atomic E-state index is 4.27. The zero-order valence-electron chi connectivity index (χ0n) is 12.3. The van der Waals surface area contributed by atoms with E-state index in [1.54, 1.807) is 0 Å². The van der Waals surface area contributed by atoms with Crippen molar-refractivity contribution in [3.05, 3.63) is 22.4 Å². The minimum absolute atomic E-state index is 0. The second-order valence-corrected chi connectivity index (χ2v) is 6.02. The number of halogens is 1. The van der Waals surface area contributed by atoms with Crippen LogP contribution in [0, 0.1) is 0 Å². The highest BCUT2D eigenvalue weighted by molar-refractivity contribution is 14.0. The van der Waals surface area contributed by atoms with Crippen molar-refractivity contribution in [2.45, 2.75) is 25.3 Å². The lowest BCUT2D eigenvalue weighted by molar-refractivity contribution is 0.309. The summed E-state index contributed by atoms with van der Waals surface area (Å²) >= 11 is 1.81. The first-order chi connectivity index (χ1) is 9.29. The van der Waals surface area contributed by atoms with E-state index in [2.05, 4.69) is 45.1 Å². The van der Waals surface area contributed by atoms with Gasteiger partial charge in [0.2, 0.25) is 0 Å². The van der Waals surface area contributed by atoms with Crippen LogP contribution in [-0.2, 0) is 6.42 Å². The number of hydrogen-bond donors (Lipinski definition) is 2. The average molecular weight is 408 g/mol. The quantitative estimate of drug-likeness (QED) is 0.446. The number of rotatable bonds is 5. The van der Waals surface area contributed by atoms with Gasteiger partial charge in [0.05, 0.1) is 0 Å². The minimum Gasteiger partial charge on any atom is -0.356 e. The molecule has 1 aliphatic rings. The van der Waals surface area contributed by atoms with E-state index >= 15 is 0 Å². The number of guanidine groups is 1. The number of aliphatic imine (C=N–C) groups is 1. The van der Waals surface area contributed by atoms with Crippen LogP contribution in [0.5, 0.6) is 0 Å². The molecule has 1 unspecified atom stereocenters. The number of nitrogens with zero attached hydrogens (tertiary/aromatic N) is 2. The largest absolute Gasteiger partial charge is 0.356 e. The lowest BCUT2D eigenvalue weighted by Gasteiger charge is -2.21. The molecule has 0 saturated carbocycles. The molecule has 0 amide bonds. The van der Waals surface area contributed by atoms with Crippen LogP contribution >= 0.6 is 35.3 Å². The van der Waals surface area contributed by atoms with Crippen molar-refractivity contribution < 1.29 is 0 Å². The van der Waals surface area contributed by atoms with Gasteiger partial charge in [0.1, 0.15) is 0 Å². The molecular weight excluding hydrogens is 383 g/mol.